The summed E-state index contributed by atoms with van der Waals surface area (Å²) in [5.41, 5.74) is 1.11. The third-order valence-corrected chi connectivity index (χ3v) is 3.59. The lowest BCUT2D eigenvalue weighted by atomic mass is 9.95. The zero-order valence-corrected chi connectivity index (χ0v) is 11.5. The summed E-state index contributed by atoms with van der Waals surface area (Å²) in [5, 5.41) is 2.83. The lowest BCUT2D eigenvalue weighted by Crippen LogP contribution is -2.25. The SMILES string of the molecule is CC.CCOC(=O)[C@H]1C[C@]12C(=O)Nc1ccccc12. The number of ether oxygens (including phenoxy) is 1. The van der Waals surface area contributed by atoms with Gasteiger partial charge in [-0.05, 0) is 25.0 Å². The van der Waals surface area contributed by atoms with Crippen molar-refractivity contribution in [1.82, 2.24) is 0 Å². The zero-order chi connectivity index (χ0) is 14.0. The molecule has 1 heterocycles. The Hall–Kier alpha value is -1.84. The van der Waals surface area contributed by atoms with Gasteiger partial charge in [0, 0.05) is 5.69 Å². The molecule has 4 heteroatoms. The van der Waals surface area contributed by atoms with Crippen LogP contribution in [-0.2, 0) is 19.7 Å². The van der Waals surface area contributed by atoms with Crippen LogP contribution < -0.4 is 5.32 Å². The Kier molecular flexibility index (Phi) is 3.60. The van der Waals surface area contributed by atoms with E-state index in [1.54, 1.807) is 6.92 Å². The summed E-state index contributed by atoms with van der Waals surface area (Å²) in [7, 11) is 0. The topological polar surface area (TPSA) is 55.4 Å². The Morgan fingerprint density at radius 3 is 2.79 bits per heavy atom. The van der Waals surface area contributed by atoms with Gasteiger partial charge in [-0.15, -0.1) is 0 Å². The minimum atomic E-state index is -0.650. The van der Waals surface area contributed by atoms with Crippen molar-refractivity contribution < 1.29 is 14.3 Å². The van der Waals surface area contributed by atoms with Crippen molar-refractivity contribution in [2.75, 3.05) is 11.9 Å². The zero-order valence-electron chi connectivity index (χ0n) is 11.5. The first-order valence-corrected chi connectivity index (χ1v) is 6.77. The van der Waals surface area contributed by atoms with Gasteiger partial charge < -0.3 is 10.1 Å². The van der Waals surface area contributed by atoms with Crippen LogP contribution in [0.3, 0.4) is 0 Å². The number of fused-ring (bicyclic) bond motifs is 2. The van der Waals surface area contributed by atoms with E-state index in [2.05, 4.69) is 5.32 Å². The molecular weight excluding hydrogens is 242 g/mol. The molecule has 1 spiro atoms. The van der Waals surface area contributed by atoms with Gasteiger partial charge in [0.25, 0.3) is 0 Å². The van der Waals surface area contributed by atoms with Gasteiger partial charge in [-0.3, -0.25) is 9.59 Å². The largest absolute Gasteiger partial charge is 0.466 e. The number of anilines is 1. The lowest BCUT2D eigenvalue weighted by molar-refractivity contribution is -0.146. The van der Waals surface area contributed by atoms with Crippen molar-refractivity contribution >= 4 is 17.6 Å². The van der Waals surface area contributed by atoms with Gasteiger partial charge in [-0.25, -0.2) is 0 Å². The van der Waals surface area contributed by atoms with E-state index in [1.807, 2.05) is 38.1 Å². The molecule has 2 aliphatic rings. The third-order valence-electron chi connectivity index (χ3n) is 3.59. The quantitative estimate of drug-likeness (QED) is 0.832. The molecule has 4 nitrogen and oxygen atoms in total. The lowest BCUT2D eigenvalue weighted by Gasteiger charge is -2.07. The number of hydrogen-bond donors (Lipinski definition) is 1. The molecule has 1 aliphatic carbocycles. The summed E-state index contributed by atoms with van der Waals surface area (Å²) >= 11 is 0. The number of rotatable bonds is 2. The van der Waals surface area contributed by atoms with Gasteiger partial charge in [0.15, 0.2) is 0 Å². The molecule has 0 unspecified atom stereocenters. The third kappa shape index (κ3) is 1.91. The van der Waals surface area contributed by atoms with Crippen LogP contribution in [0.25, 0.3) is 0 Å². The Bertz CT molecular complexity index is 512. The van der Waals surface area contributed by atoms with Crippen molar-refractivity contribution in [2.45, 2.75) is 32.6 Å². The normalized spacial score (nSPS) is 26.1. The predicted molar refractivity (Wildman–Crippen MR) is 72.8 cm³/mol. The standard InChI is InChI=1S/C13H13NO3.C2H6/c1-2-17-11(15)9-7-13(9)8-5-3-4-6-10(8)14-12(13)16;1-2/h3-6,9H,2,7H2,1H3,(H,14,16);1-2H3/t9-,13-;/m1./s1. The number of carbonyl (C=O) groups excluding carboxylic acids is 2. The van der Waals surface area contributed by atoms with Crippen LogP contribution in [0.15, 0.2) is 24.3 Å². The molecule has 1 N–H and O–H groups in total. The van der Waals surface area contributed by atoms with Gasteiger partial charge >= 0.3 is 5.97 Å². The maximum Gasteiger partial charge on any atom is 0.310 e. The summed E-state index contributed by atoms with van der Waals surface area (Å²) in [5.74, 6) is -0.651. The van der Waals surface area contributed by atoms with E-state index >= 15 is 0 Å². The van der Waals surface area contributed by atoms with E-state index in [0.29, 0.717) is 13.0 Å². The summed E-state index contributed by atoms with van der Waals surface area (Å²) < 4.78 is 5.00. The first kappa shape index (κ1) is 13.6. The molecule has 1 aromatic rings. The summed E-state index contributed by atoms with van der Waals surface area (Å²) in [6.45, 7) is 6.13. The number of para-hydroxylation sites is 1. The van der Waals surface area contributed by atoms with Gasteiger partial charge in [-0.2, -0.15) is 0 Å². The second-order valence-electron chi connectivity index (χ2n) is 4.48. The summed E-state index contributed by atoms with van der Waals surface area (Å²) in [6, 6.07) is 7.54. The molecule has 0 saturated heterocycles. The molecule has 0 bridgehead atoms. The molecule has 1 aromatic carbocycles. The van der Waals surface area contributed by atoms with E-state index in [4.69, 9.17) is 4.74 Å². The van der Waals surface area contributed by atoms with Crippen molar-refractivity contribution in [2.24, 2.45) is 5.92 Å². The summed E-state index contributed by atoms with van der Waals surface area (Å²) in [6.07, 6.45) is 0.564. The van der Waals surface area contributed by atoms with E-state index < -0.39 is 5.41 Å². The molecule has 0 radical (unpaired) electrons. The maximum atomic E-state index is 12.0. The maximum absolute atomic E-state index is 12.0. The van der Waals surface area contributed by atoms with E-state index in [0.717, 1.165) is 11.3 Å². The Balaban J connectivity index is 0.000000637. The average Bonchev–Trinajstić information content (AvgIpc) is 3.12. The van der Waals surface area contributed by atoms with Crippen LogP contribution in [0.4, 0.5) is 5.69 Å². The second-order valence-corrected chi connectivity index (χ2v) is 4.48. The van der Waals surface area contributed by atoms with Crippen molar-refractivity contribution in [3.05, 3.63) is 29.8 Å². The number of benzene rings is 1. The van der Waals surface area contributed by atoms with Gasteiger partial charge in [0.2, 0.25) is 5.91 Å². The molecule has 19 heavy (non-hydrogen) atoms. The molecule has 1 amide bonds. The van der Waals surface area contributed by atoms with Crippen LogP contribution in [0.1, 0.15) is 32.8 Å². The second kappa shape index (κ2) is 5.03. The first-order valence-electron chi connectivity index (χ1n) is 6.77. The number of carbonyl (C=O) groups is 2. The van der Waals surface area contributed by atoms with Crippen LogP contribution in [0, 0.1) is 5.92 Å². The number of amides is 1. The molecule has 1 fully saturated rings. The highest BCUT2D eigenvalue weighted by Gasteiger charge is 2.68. The fraction of sp³-hybridized carbons (Fsp3) is 0.467. The molecule has 1 saturated carbocycles. The number of hydrogen-bond acceptors (Lipinski definition) is 3. The van der Waals surface area contributed by atoms with Crippen molar-refractivity contribution in [3.8, 4) is 0 Å². The Morgan fingerprint density at radius 2 is 2.11 bits per heavy atom. The Morgan fingerprint density at radius 1 is 1.42 bits per heavy atom. The predicted octanol–water partition coefficient (Wildman–Crippen LogP) is 2.49. The molecule has 1 aliphatic heterocycles. The van der Waals surface area contributed by atoms with Crippen LogP contribution in [0.5, 0.6) is 0 Å². The number of esters is 1. The molecule has 0 aromatic heterocycles. The van der Waals surface area contributed by atoms with Crippen molar-refractivity contribution in [1.29, 1.82) is 0 Å². The highest BCUT2D eigenvalue weighted by molar-refractivity contribution is 6.12. The summed E-state index contributed by atoms with van der Waals surface area (Å²) in [4.78, 5) is 23.7. The fourth-order valence-electron chi connectivity index (χ4n) is 2.68. The van der Waals surface area contributed by atoms with Crippen LogP contribution in [-0.4, -0.2) is 18.5 Å². The van der Waals surface area contributed by atoms with Crippen molar-refractivity contribution in [3.63, 3.8) is 0 Å². The monoisotopic (exact) mass is 261 g/mol. The molecule has 2 atom stereocenters. The smallest absolute Gasteiger partial charge is 0.310 e. The highest BCUT2D eigenvalue weighted by Crippen LogP contribution is 2.60. The molecule has 102 valence electrons. The fourth-order valence-corrected chi connectivity index (χ4v) is 2.68. The van der Waals surface area contributed by atoms with E-state index in [1.165, 1.54) is 0 Å². The molecular formula is C15H19NO3. The minimum absolute atomic E-state index is 0.0725. The van der Waals surface area contributed by atoms with Crippen LogP contribution in [0.2, 0.25) is 0 Å². The van der Waals surface area contributed by atoms with Crippen LogP contribution >= 0.6 is 0 Å². The van der Waals surface area contributed by atoms with Gasteiger partial charge in [0.05, 0.1) is 17.9 Å². The van der Waals surface area contributed by atoms with Gasteiger partial charge in [-0.1, -0.05) is 32.0 Å². The Labute approximate surface area is 113 Å². The minimum Gasteiger partial charge on any atom is -0.466 e. The van der Waals surface area contributed by atoms with E-state index in [-0.39, 0.29) is 17.8 Å². The number of nitrogens with one attached hydrogen (secondary N) is 1. The van der Waals surface area contributed by atoms with Gasteiger partial charge in [0.1, 0.15) is 0 Å². The van der Waals surface area contributed by atoms with E-state index in [9.17, 15) is 9.59 Å². The molecule has 3 rings (SSSR count). The highest BCUT2D eigenvalue weighted by atomic mass is 16.5. The first-order chi connectivity index (χ1) is 9.20. The average molecular weight is 261 g/mol.